The van der Waals surface area contributed by atoms with Gasteiger partial charge in [-0.3, -0.25) is 19.2 Å². The molecule has 0 unspecified atom stereocenters. The van der Waals surface area contributed by atoms with Gasteiger partial charge in [0.2, 0.25) is 15.9 Å². The van der Waals surface area contributed by atoms with Crippen LogP contribution in [-0.4, -0.2) is 31.5 Å². The highest BCUT2D eigenvalue weighted by atomic mass is 32.2. The number of benzene rings is 2. The average molecular weight is 405 g/mol. The Balaban J connectivity index is 2.42. The number of anilines is 2. The van der Waals surface area contributed by atoms with Gasteiger partial charge in [-0.2, -0.15) is 0 Å². The van der Waals surface area contributed by atoms with E-state index in [4.69, 9.17) is 0 Å². The van der Waals surface area contributed by atoms with Crippen molar-refractivity contribution in [3.8, 4) is 0 Å². The molecular weight excluding hydrogens is 382 g/mol. The van der Waals surface area contributed by atoms with Crippen molar-refractivity contribution in [3.63, 3.8) is 0 Å². The third kappa shape index (κ3) is 4.66. The first-order valence-corrected chi connectivity index (χ1v) is 10.4. The van der Waals surface area contributed by atoms with Crippen LogP contribution in [-0.2, 0) is 14.8 Å². The Morgan fingerprint density at radius 1 is 1.11 bits per heavy atom. The van der Waals surface area contributed by atoms with Gasteiger partial charge < -0.3 is 5.32 Å². The largest absolute Gasteiger partial charge is 0.324 e. The molecule has 0 spiro atoms. The maximum Gasteiger partial charge on any atom is 0.271 e. The lowest BCUT2D eigenvalue weighted by Crippen LogP contribution is -2.45. The van der Waals surface area contributed by atoms with Crippen LogP contribution in [0, 0.1) is 30.9 Å². The van der Waals surface area contributed by atoms with Crippen molar-refractivity contribution in [3.05, 3.63) is 63.2 Å². The minimum absolute atomic E-state index is 0.164. The van der Waals surface area contributed by atoms with Gasteiger partial charge in [0.25, 0.3) is 5.69 Å². The molecule has 0 aliphatic rings. The lowest BCUT2D eigenvalue weighted by molar-refractivity contribution is -0.384. The Bertz CT molecular complexity index is 1030. The average Bonchev–Trinajstić information content (AvgIpc) is 2.58. The van der Waals surface area contributed by atoms with Crippen LogP contribution in [0.2, 0.25) is 0 Å². The molecule has 0 bridgehead atoms. The Morgan fingerprint density at radius 2 is 1.71 bits per heavy atom. The van der Waals surface area contributed by atoms with E-state index in [1.54, 1.807) is 26.0 Å². The molecule has 0 heterocycles. The molecule has 0 aliphatic heterocycles. The standard InChI is InChI=1S/C19H23N3O5S/c1-12-6-7-14(3)18(10-12)21(28(5,26)27)15(4)19(23)20-17-11-16(22(24)25)9-8-13(17)2/h6-11,15H,1-5H3,(H,20,23)/t15-/m0/s1. The second kappa shape index (κ2) is 7.97. The fourth-order valence-corrected chi connectivity index (χ4v) is 4.06. The highest BCUT2D eigenvalue weighted by Gasteiger charge is 2.30. The number of nitro benzene ring substituents is 1. The molecule has 2 rings (SSSR count). The quantitative estimate of drug-likeness (QED) is 0.586. The van der Waals surface area contributed by atoms with E-state index in [0.29, 0.717) is 16.8 Å². The fourth-order valence-electron chi connectivity index (χ4n) is 2.83. The number of hydrogen-bond donors (Lipinski definition) is 1. The molecule has 1 N–H and O–H groups in total. The molecule has 0 saturated carbocycles. The smallest absolute Gasteiger partial charge is 0.271 e. The lowest BCUT2D eigenvalue weighted by atomic mass is 10.1. The Hall–Kier alpha value is -2.94. The van der Waals surface area contributed by atoms with Crippen molar-refractivity contribution in [1.29, 1.82) is 0 Å². The van der Waals surface area contributed by atoms with Crippen molar-refractivity contribution in [1.82, 2.24) is 0 Å². The van der Waals surface area contributed by atoms with Gasteiger partial charge in [0, 0.05) is 12.1 Å². The van der Waals surface area contributed by atoms with Crippen LogP contribution in [0.1, 0.15) is 23.6 Å². The molecule has 1 atom stereocenters. The molecular formula is C19H23N3O5S. The first-order valence-electron chi connectivity index (χ1n) is 8.54. The third-order valence-corrected chi connectivity index (χ3v) is 5.61. The van der Waals surface area contributed by atoms with Gasteiger partial charge in [-0.15, -0.1) is 0 Å². The predicted molar refractivity (Wildman–Crippen MR) is 109 cm³/mol. The van der Waals surface area contributed by atoms with Gasteiger partial charge in [-0.25, -0.2) is 8.42 Å². The number of amides is 1. The first-order chi connectivity index (χ1) is 12.9. The van der Waals surface area contributed by atoms with Crippen LogP contribution in [0.25, 0.3) is 0 Å². The van der Waals surface area contributed by atoms with Crippen molar-refractivity contribution < 1.29 is 18.1 Å². The van der Waals surface area contributed by atoms with E-state index < -0.39 is 26.9 Å². The van der Waals surface area contributed by atoms with Crippen LogP contribution in [0.3, 0.4) is 0 Å². The van der Waals surface area contributed by atoms with Crippen LogP contribution in [0.4, 0.5) is 17.1 Å². The zero-order valence-corrected chi connectivity index (χ0v) is 17.2. The van der Waals surface area contributed by atoms with Gasteiger partial charge in [-0.05, 0) is 50.5 Å². The Kier molecular flexibility index (Phi) is 6.08. The predicted octanol–water partition coefficient (Wildman–Crippen LogP) is 3.31. The van der Waals surface area contributed by atoms with Crippen LogP contribution in [0.15, 0.2) is 36.4 Å². The maximum atomic E-state index is 12.8. The molecule has 0 aromatic heterocycles. The number of nitrogens with one attached hydrogen (secondary N) is 1. The number of non-ortho nitro benzene ring substituents is 1. The van der Waals surface area contributed by atoms with Crippen molar-refractivity contribution >= 4 is 33.0 Å². The molecule has 8 nitrogen and oxygen atoms in total. The van der Waals surface area contributed by atoms with Gasteiger partial charge in [0.1, 0.15) is 6.04 Å². The zero-order chi connectivity index (χ0) is 21.2. The summed E-state index contributed by atoms with van der Waals surface area (Å²) in [5.41, 5.74) is 2.71. The summed E-state index contributed by atoms with van der Waals surface area (Å²) in [6.07, 6.45) is 1.04. The minimum atomic E-state index is -3.76. The summed E-state index contributed by atoms with van der Waals surface area (Å²) in [5, 5.41) is 13.6. The van der Waals surface area contributed by atoms with Crippen molar-refractivity contribution in [2.75, 3.05) is 15.9 Å². The van der Waals surface area contributed by atoms with Crippen LogP contribution in [0.5, 0.6) is 0 Å². The summed E-state index contributed by atoms with van der Waals surface area (Å²) < 4.78 is 26.0. The summed E-state index contributed by atoms with van der Waals surface area (Å²) in [6, 6.07) is 8.41. The summed E-state index contributed by atoms with van der Waals surface area (Å²) >= 11 is 0. The molecule has 0 aliphatic carbocycles. The summed E-state index contributed by atoms with van der Waals surface area (Å²) in [7, 11) is -3.76. The van der Waals surface area contributed by atoms with Gasteiger partial charge in [0.15, 0.2) is 0 Å². The highest BCUT2D eigenvalue weighted by Crippen LogP contribution is 2.27. The fraction of sp³-hybridized carbons (Fsp3) is 0.316. The number of carbonyl (C=O) groups is 1. The van der Waals surface area contributed by atoms with E-state index in [0.717, 1.165) is 16.1 Å². The molecule has 2 aromatic rings. The summed E-state index contributed by atoms with van der Waals surface area (Å²) in [5.74, 6) is -0.588. The topological polar surface area (TPSA) is 110 Å². The van der Waals surface area contributed by atoms with Crippen molar-refractivity contribution in [2.24, 2.45) is 0 Å². The van der Waals surface area contributed by atoms with Gasteiger partial charge in [-0.1, -0.05) is 18.2 Å². The number of rotatable bonds is 6. The number of aryl methyl sites for hydroxylation is 3. The molecule has 9 heteroatoms. The second-order valence-corrected chi connectivity index (χ2v) is 8.63. The normalized spacial score (nSPS) is 12.3. The number of hydrogen-bond acceptors (Lipinski definition) is 5. The lowest BCUT2D eigenvalue weighted by Gasteiger charge is -2.30. The van der Waals surface area contributed by atoms with E-state index in [9.17, 15) is 23.3 Å². The third-order valence-electron chi connectivity index (χ3n) is 4.38. The zero-order valence-electron chi connectivity index (χ0n) is 16.4. The van der Waals surface area contributed by atoms with E-state index in [-0.39, 0.29) is 11.4 Å². The first kappa shape index (κ1) is 21.4. The summed E-state index contributed by atoms with van der Waals surface area (Å²) in [6.45, 7) is 6.77. The Morgan fingerprint density at radius 3 is 2.29 bits per heavy atom. The Labute approximate surface area is 164 Å². The highest BCUT2D eigenvalue weighted by molar-refractivity contribution is 7.92. The minimum Gasteiger partial charge on any atom is -0.324 e. The monoisotopic (exact) mass is 405 g/mol. The number of nitro groups is 1. The van der Waals surface area contributed by atoms with E-state index >= 15 is 0 Å². The molecule has 0 fully saturated rings. The van der Waals surface area contributed by atoms with E-state index in [1.807, 2.05) is 13.0 Å². The molecule has 28 heavy (non-hydrogen) atoms. The van der Waals surface area contributed by atoms with Crippen molar-refractivity contribution in [2.45, 2.75) is 33.7 Å². The SMILES string of the molecule is Cc1ccc(C)c(N([C@@H](C)C(=O)Nc2cc([N+](=O)[O-])ccc2C)S(C)(=O)=O)c1. The van der Waals surface area contributed by atoms with E-state index in [2.05, 4.69) is 5.32 Å². The maximum absolute atomic E-state index is 12.8. The molecule has 150 valence electrons. The molecule has 2 aromatic carbocycles. The van der Waals surface area contributed by atoms with Gasteiger partial charge >= 0.3 is 0 Å². The van der Waals surface area contributed by atoms with E-state index in [1.165, 1.54) is 25.1 Å². The van der Waals surface area contributed by atoms with Gasteiger partial charge in [0.05, 0.1) is 22.6 Å². The van der Waals surface area contributed by atoms with Crippen LogP contribution < -0.4 is 9.62 Å². The second-order valence-electron chi connectivity index (χ2n) is 6.77. The molecule has 1 amide bonds. The number of sulfonamides is 1. The number of carbonyl (C=O) groups excluding carboxylic acids is 1. The molecule has 0 radical (unpaired) electrons. The summed E-state index contributed by atoms with van der Waals surface area (Å²) in [4.78, 5) is 23.2. The molecule has 0 saturated heterocycles. The number of nitrogens with zero attached hydrogens (tertiary/aromatic N) is 2. The van der Waals surface area contributed by atoms with Crippen LogP contribution >= 0.6 is 0 Å².